The SMILES string of the molecule is COc1nc(OC)c(F)c(C#Cc2nn([C@H]3CCN(C(=O)OC(C)(C)C)C3)c3c(C4CC4)cnc(N)c23)c1F. The number of nitrogen functional groups attached to an aromatic ring is 1. The second-order valence-electron chi connectivity index (χ2n) is 10.6. The number of carbonyl (C=O) groups excluding carboxylic acids is 1. The fourth-order valence-corrected chi connectivity index (χ4v) is 4.70. The predicted molar refractivity (Wildman–Crippen MR) is 139 cm³/mol. The van der Waals surface area contributed by atoms with Crippen LogP contribution in [0.15, 0.2) is 6.20 Å². The van der Waals surface area contributed by atoms with Crippen LogP contribution in [0.2, 0.25) is 0 Å². The first-order chi connectivity index (χ1) is 18.5. The zero-order chi connectivity index (χ0) is 28.1. The molecule has 0 bridgehead atoms. The molecule has 39 heavy (non-hydrogen) atoms. The van der Waals surface area contributed by atoms with E-state index in [0.717, 1.165) is 23.9 Å². The van der Waals surface area contributed by atoms with Gasteiger partial charge in [-0.2, -0.15) is 18.9 Å². The Balaban J connectivity index is 1.60. The first-order valence-corrected chi connectivity index (χ1v) is 12.7. The van der Waals surface area contributed by atoms with Gasteiger partial charge in [0, 0.05) is 19.3 Å². The van der Waals surface area contributed by atoms with Crippen molar-refractivity contribution in [3.05, 3.63) is 34.7 Å². The van der Waals surface area contributed by atoms with Gasteiger partial charge in [-0.3, -0.25) is 4.68 Å². The molecule has 206 valence electrons. The fraction of sp³-hybridized carbons (Fsp3) is 0.481. The number of methoxy groups -OCH3 is 2. The molecular formula is C27H30F2N6O4. The van der Waals surface area contributed by atoms with E-state index >= 15 is 0 Å². The Labute approximate surface area is 224 Å². The Morgan fingerprint density at radius 2 is 1.77 bits per heavy atom. The molecule has 1 saturated carbocycles. The number of amides is 1. The van der Waals surface area contributed by atoms with Crippen molar-refractivity contribution in [2.45, 2.75) is 57.6 Å². The van der Waals surface area contributed by atoms with E-state index in [4.69, 9.17) is 25.0 Å². The van der Waals surface area contributed by atoms with E-state index < -0.39 is 40.7 Å². The van der Waals surface area contributed by atoms with Gasteiger partial charge in [0.05, 0.1) is 31.2 Å². The van der Waals surface area contributed by atoms with Gasteiger partial charge in [-0.05, 0) is 57.4 Å². The van der Waals surface area contributed by atoms with Crippen LogP contribution in [-0.2, 0) is 4.74 Å². The van der Waals surface area contributed by atoms with Gasteiger partial charge in [0.2, 0.25) is 11.6 Å². The summed E-state index contributed by atoms with van der Waals surface area (Å²) in [6.45, 7) is 6.34. The highest BCUT2D eigenvalue weighted by molar-refractivity contribution is 5.95. The lowest BCUT2D eigenvalue weighted by Gasteiger charge is -2.24. The van der Waals surface area contributed by atoms with E-state index in [2.05, 4.69) is 21.8 Å². The molecule has 1 aliphatic heterocycles. The van der Waals surface area contributed by atoms with Gasteiger partial charge in [-0.1, -0.05) is 5.92 Å². The molecule has 0 aromatic carbocycles. The van der Waals surface area contributed by atoms with E-state index in [-0.39, 0.29) is 17.6 Å². The summed E-state index contributed by atoms with van der Waals surface area (Å²) < 4.78 is 47.0. The largest absolute Gasteiger partial charge is 0.479 e. The molecule has 0 radical (unpaired) electrons. The van der Waals surface area contributed by atoms with Crippen molar-refractivity contribution >= 4 is 22.8 Å². The number of nitrogens with zero attached hydrogens (tertiary/aromatic N) is 5. The number of aromatic nitrogens is 4. The molecule has 1 atom stereocenters. The number of rotatable bonds is 4. The van der Waals surface area contributed by atoms with Crippen molar-refractivity contribution in [2.24, 2.45) is 0 Å². The van der Waals surface area contributed by atoms with Crippen molar-refractivity contribution in [3.63, 3.8) is 0 Å². The molecule has 1 amide bonds. The molecule has 4 heterocycles. The van der Waals surface area contributed by atoms with Crippen LogP contribution in [0.4, 0.5) is 19.4 Å². The summed E-state index contributed by atoms with van der Waals surface area (Å²) in [7, 11) is 2.42. The third-order valence-electron chi connectivity index (χ3n) is 6.67. The highest BCUT2D eigenvalue weighted by atomic mass is 19.1. The number of anilines is 1. The van der Waals surface area contributed by atoms with Gasteiger partial charge in [0.1, 0.15) is 22.7 Å². The van der Waals surface area contributed by atoms with Crippen molar-refractivity contribution < 1.29 is 27.8 Å². The van der Waals surface area contributed by atoms with Crippen molar-refractivity contribution in [1.29, 1.82) is 0 Å². The second-order valence-corrected chi connectivity index (χ2v) is 10.6. The molecule has 5 rings (SSSR count). The summed E-state index contributed by atoms with van der Waals surface area (Å²) in [5.41, 5.74) is 7.11. The van der Waals surface area contributed by atoms with Crippen LogP contribution in [0, 0.1) is 23.5 Å². The van der Waals surface area contributed by atoms with Gasteiger partial charge >= 0.3 is 6.09 Å². The van der Waals surface area contributed by atoms with E-state index in [1.54, 1.807) is 11.1 Å². The molecule has 10 nitrogen and oxygen atoms in total. The fourth-order valence-electron chi connectivity index (χ4n) is 4.70. The highest BCUT2D eigenvalue weighted by Crippen LogP contribution is 2.45. The maximum atomic E-state index is 14.9. The highest BCUT2D eigenvalue weighted by Gasteiger charge is 2.35. The maximum Gasteiger partial charge on any atom is 0.410 e. The number of carbonyl (C=O) groups is 1. The molecule has 2 fully saturated rings. The average molecular weight is 541 g/mol. The standard InChI is InChI=1S/C27H30F2N6O4/c1-27(2,3)39-26(36)34-11-10-15(13-34)35-22-17(14-6-7-14)12-31-23(30)19(22)18(33-35)9-8-16-20(28)24(37-4)32-25(38-5)21(16)29/h12,14-15H,6-7,10-11,13H2,1-5H3,(H2,30,31)/t15-/m0/s1. The summed E-state index contributed by atoms with van der Waals surface area (Å²) in [5, 5.41) is 5.26. The normalized spacial score (nSPS) is 17.2. The van der Waals surface area contributed by atoms with Gasteiger partial charge in [0.15, 0.2) is 0 Å². The maximum absolute atomic E-state index is 14.9. The van der Waals surface area contributed by atoms with Crippen molar-refractivity contribution in [3.8, 4) is 23.6 Å². The average Bonchev–Trinajstić information content (AvgIpc) is 3.46. The summed E-state index contributed by atoms with van der Waals surface area (Å²) in [4.78, 5) is 22.4. The van der Waals surface area contributed by atoms with Crippen LogP contribution in [0.3, 0.4) is 0 Å². The lowest BCUT2D eigenvalue weighted by Crippen LogP contribution is -2.35. The van der Waals surface area contributed by atoms with E-state index in [1.165, 1.54) is 14.2 Å². The minimum Gasteiger partial charge on any atom is -0.479 e. The number of likely N-dealkylation sites (tertiary alicyclic amines) is 1. The molecule has 3 aromatic heterocycles. The van der Waals surface area contributed by atoms with Gasteiger partial charge in [-0.25, -0.2) is 9.78 Å². The molecule has 0 unspecified atom stereocenters. The first kappa shape index (κ1) is 26.5. The molecular weight excluding hydrogens is 510 g/mol. The van der Waals surface area contributed by atoms with Crippen LogP contribution in [0.1, 0.15) is 68.8 Å². The summed E-state index contributed by atoms with van der Waals surface area (Å²) in [5.74, 6) is 2.86. The minimum absolute atomic E-state index is 0.176. The number of hydrogen-bond donors (Lipinski definition) is 1. The van der Waals surface area contributed by atoms with Crippen molar-refractivity contribution in [2.75, 3.05) is 33.0 Å². The summed E-state index contributed by atoms with van der Waals surface area (Å²) >= 11 is 0. The number of pyridine rings is 2. The second kappa shape index (κ2) is 9.87. The summed E-state index contributed by atoms with van der Waals surface area (Å²) in [6, 6.07) is -0.176. The molecule has 3 aromatic rings. The predicted octanol–water partition coefficient (Wildman–Crippen LogP) is 4.16. The molecule has 1 saturated heterocycles. The topological polar surface area (TPSA) is 118 Å². The molecule has 1 aliphatic carbocycles. The monoisotopic (exact) mass is 540 g/mol. The van der Waals surface area contributed by atoms with Gasteiger partial charge < -0.3 is 24.8 Å². The zero-order valence-corrected chi connectivity index (χ0v) is 22.5. The first-order valence-electron chi connectivity index (χ1n) is 12.7. The minimum atomic E-state index is -1.05. The third-order valence-corrected chi connectivity index (χ3v) is 6.67. The molecule has 0 spiro atoms. The van der Waals surface area contributed by atoms with Gasteiger partial charge in [-0.15, -0.1) is 0 Å². The molecule has 2 N–H and O–H groups in total. The summed E-state index contributed by atoms with van der Waals surface area (Å²) in [6.07, 6.45) is 4.01. The van der Waals surface area contributed by atoms with Crippen LogP contribution in [0.25, 0.3) is 10.9 Å². The number of halogens is 2. The van der Waals surface area contributed by atoms with Crippen LogP contribution in [-0.4, -0.2) is 63.7 Å². The number of hydrogen-bond acceptors (Lipinski definition) is 8. The van der Waals surface area contributed by atoms with Gasteiger partial charge in [0.25, 0.3) is 11.8 Å². The van der Waals surface area contributed by atoms with E-state index in [1.807, 2.05) is 25.5 Å². The quantitative estimate of drug-likeness (QED) is 0.490. The smallest absolute Gasteiger partial charge is 0.410 e. The Kier molecular flexibility index (Phi) is 6.70. The zero-order valence-electron chi connectivity index (χ0n) is 22.5. The van der Waals surface area contributed by atoms with E-state index in [0.29, 0.717) is 30.8 Å². The third kappa shape index (κ3) is 5.01. The Morgan fingerprint density at radius 1 is 1.10 bits per heavy atom. The molecule has 12 heteroatoms. The Bertz CT molecular complexity index is 1490. The lowest BCUT2D eigenvalue weighted by atomic mass is 10.1. The number of ether oxygens (including phenoxy) is 3. The van der Waals surface area contributed by atoms with Crippen LogP contribution >= 0.6 is 0 Å². The number of fused-ring (bicyclic) bond motifs is 1. The van der Waals surface area contributed by atoms with E-state index in [9.17, 15) is 13.6 Å². The van der Waals surface area contributed by atoms with Crippen LogP contribution < -0.4 is 15.2 Å². The number of nitrogens with two attached hydrogens (primary N) is 1. The Hall–Kier alpha value is -4.14. The Morgan fingerprint density at radius 3 is 2.36 bits per heavy atom. The molecule has 2 aliphatic rings. The van der Waals surface area contributed by atoms with Crippen molar-refractivity contribution in [1.82, 2.24) is 24.6 Å². The lowest BCUT2D eigenvalue weighted by molar-refractivity contribution is 0.0288. The van der Waals surface area contributed by atoms with Crippen LogP contribution in [0.5, 0.6) is 11.8 Å².